The number of sulfonamides is 1. The summed E-state index contributed by atoms with van der Waals surface area (Å²) in [4.78, 5) is 11.1. The number of hydrogen-bond acceptors (Lipinski definition) is 6. The molecule has 0 saturated carbocycles. The van der Waals surface area contributed by atoms with E-state index in [4.69, 9.17) is 5.73 Å². The Morgan fingerprint density at radius 2 is 1.75 bits per heavy atom. The molecule has 3 N–H and O–H groups in total. The van der Waals surface area contributed by atoms with Crippen LogP contribution in [0.2, 0.25) is 0 Å². The molecule has 0 aromatic carbocycles. The van der Waals surface area contributed by atoms with E-state index < -0.39 is 43.8 Å². The molecular formula is C10H21N3O5S2. The van der Waals surface area contributed by atoms with E-state index in [0.717, 1.165) is 10.6 Å². The maximum Gasteiger partial charge on any atom is 0.232 e. The van der Waals surface area contributed by atoms with Crippen LogP contribution in [0.15, 0.2) is 0 Å². The fraction of sp³-hybridized carbons (Fsp3) is 0.900. The van der Waals surface area contributed by atoms with Crippen LogP contribution in [-0.4, -0.2) is 70.5 Å². The second kappa shape index (κ2) is 6.83. The summed E-state index contributed by atoms with van der Waals surface area (Å²) in [6.07, 6.45) is 2.13. The number of carbonyl (C=O) groups excluding carboxylic acids is 1. The molecule has 0 spiro atoms. The van der Waals surface area contributed by atoms with Gasteiger partial charge in [0.25, 0.3) is 0 Å². The van der Waals surface area contributed by atoms with Gasteiger partial charge in [-0.25, -0.2) is 16.8 Å². The third-order valence-electron chi connectivity index (χ3n) is 3.10. The van der Waals surface area contributed by atoms with Crippen molar-refractivity contribution in [2.75, 3.05) is 37.4 Å². The van der Waals surface area contributed by atoms with Gasteiger partial charge in [0.1, 0.15) is 9.84 Å². The molecule has 0 radical (unpaired) electrons. The Balaban J connectivity index is 2.87. The molecule has 8 nitrogen and oxygen atoms in total. The monoisotopic (exact) mass is 327 g/mol. The minimum absolute atomic E-state index is 0.312. The van der Waals surface area contributed by atoms with Crippen LogP contribution in [0.5, 0.6) is 0 Å². The molecule has 0 bridgehead atoms. The Labute approximate surface area is 119 Å². The van der Waals surface area contributed by atoms with Crippen LogP contribution >= 0.6 is 0 Å². The SMILES string of the molecule is CS(=O)(=O)CCS(=O)(=O)N(CC(N)=O)C1CCNCC1. The average Bonchev–Trinajstić information content (AvgIpc) is 2.34. The highest BCUT2D eigenvalue weighted by Crippen LogP contribution is 2.16. The molecular weight excluding hydrogens is 306 g/mol. The molecule has 1 rings (SSSR count). The Morgan fingerprint density at radius 1 is 1.20 bits per heavy atom. The van der Waals surface area contributed by atoms with Crippen LogP contribution in [0.25, 0.3) is 0 Å². The first-order valence-corrected chi connectivity index (χ1v) is 9.95. The van der Waals surface area contributed by atoms with Crippen molar-refractivity contribution in [3.8, 4) is 0 Å². The van der Waals surface area contributed by atoms with Gasteiger partial charge in [0.05, 0.1) is 18.1 Å². The first kappa shape index (κ1) is 17.3. The highest BCUT2D eigenvalue weighted by atomic mass is 32.2. The largest absolute Gasteiger partial charge is 0.369 e. The first-order valence-electron chi connectivity index (χ1n) is 6.28. The van der Waals surface area contributed by atoms with E-state index in [9.17, 15) is 21.6 Å². The Bertz CT molecular complexity index is 537. The highest BCUT2D eigenvalue weighted by Gasteiger charge is 2.32. The van der Waals surface area contributed by atoms with Crippen LogP contribution in [0.4, 0.5) is 0 Å². The summed E-state index contributed by atoms with van der Waals surface area (Å²) < 4.78 is 47.8. The van der Waals surface area contributed by atoms with Crippen molar-refractivity contribution in [2.45, 2.75) is 18.9 Å². The number of primary amides is 1. The molecule has 0 unspecified atom stereocenters. The minimum atomic E-state index is -3.82. The number of nitrogens with zero attached hydrogens (tertiary/aromatic N) is 1. The van der Waals surface area contributed by atoms with Gasteiger partial charge in [0.2, 0.25) is 15.9 Å². The van der Waals surface area contributed by atoms with Crippen LogP contribution in [0.1, 0.15) is 12.8 Å². The molecule has 1 aliphatic heterocycles. The van der Waals surface area contributed by atoms with E-state index in [2.05, 4.69) is 5.32 Å². The van der Waals surface area contributed by atoms with E-state index in [1.165, 1.54) is 0 Å². The molecule has 0 atom stereocenters. The van der Waals surface area contributed by atoms with E-state index in [1.54, 1.807) is 0 Å². The molecule has 0 aromatic heterocycles. The average molecular weight is 327 g/mol. The van der Waals surface area contributed by atoms with Crippen LogP contribution < -0.4 is 11.1 Å². The topological polar surface area (TPSA) is 127 Å². The van der Waals surface area contributed by atoms with Gasteiger partial charge in [-0.3, -0.25) is 4.79 Å². The summed E-state index contributed by atoms with van der Waals surface area (Å²) in [7, 11) is -7.21. The number of nitrogens with two attached hydrogens (primary N) is 1. The smallest absolute Gasteiger partial charge is 0.232 e. The van der Waals surface area contributed by atoms with E-state index in [0.29, 0.717) is 25.9 Å². The molecule has 1 aliphatic rings. The second-order valence-corrected chi connectivity index (χ2v) is 9.24. The predicted molar refractivity (Wildman–Crippen MR) is 75.3 cm³/mol. The third-order valence-corrected chi connectivity index (χ3v) is 6.16. The van der Waals surface area contributed by atoms with Gasteiger partial charge in [-0.1, -0.05) is 0 Å². The number of nitrogens with one attached hydrogen (secondary N) is 1. The van der Waals surface area contributed by atoms with Gasteiger partial charge in [-0.15, -0.1) is 0 Å². The normalized spacial score (nSPS) is 18.3. The van der Waals surface area contributed by atoms with Gasteiger partial charge in [0.15, 0.2) is 0 Å². The molecule has 20 heavy (non-hydrogen) atoms. The van der Waals surface area contributed by atoms with Gasteiger partial charge >= 0.3 is 0 Å². The fourth-order valence-electron chi connectivity index (χ4n) is 2.08. The van der Waals surface area contributed by atoms with Crippen molar-refractivity contribution >= 4 is 25.8 Å². The van der Waals surface area contributed by atoms with Crippen molar-refractivity contribution in [1.29, 1.82) is 0 Å². The Morgan fingerprint density at radius 3 is 2.20 bits per heavy atom. The van der Waals surface area contributed by atoms with E-state index in [1.807, 2.05) is 0 Å². The lowest BCUT2D eigenvalue weighted by atomic mass is 10.1. The molecule has 10 heteroatoms. The number of rotatable bonds is 7. The van der Waals surface area contributed by atoms with E-state index in [-0.39, 0.29) is 6.04 Å². The molecule has 0 aromatic rings. The van der Waals surface area contributed by atoms with Gasteiger partial charge < -0.3 is 11.1 Å². The minimum Gasteiger partial charge on any atom is -0.369 e. The van der Waals surface area contributed by atoms with Gasteiger partial charge in [-0.05, 0) is 25.9 Å². The number of piperidine rings is 1. The lowest BCUT2D eigenvalue weighted by molar-refractivity contribution is -0.118. The zero-order chi connectivity index (χ0) is 15.4. The lowest BCUT2D eigenvalue weighted by Crippen LogP contribution is -2.50. The maximum atomic E-state index is 12.2. The number of amides is 1. The third kappa shape index (κ3) is 5.73. The number of sulfone groups is 1. The Hall–Kier alpha value is -0.710. The highest BCUT2D eigenvalue weighted by molar-refractivity contribution is 7.93. The molecule has 1 amide bonds. The van der Waals surface area contributed by atoms with Crippen molar-refractivity contribution in [3.63, 3.8) is 0 Å². The van der Waals surface area contributed by atoms with Crippen molar-refractivity contribution in [2.24, 2.45) is 5.73 Å². The van der Waals surface area contributed by atoms with Gasteiger partial charge in [0, 0.05) is 12.3 Å². The lowest BCUT2D eigenvalue weighted by Gasteiger charge is -2.32. The van der Waals surface area contributed by atoms with Crippen molar-refractivity contribution in [3.05, 3.63) is 0 Å². The second-order valence-electron chi connectivity index (χ2n) is 4.94. The van der Waals surface area contributed by atoms with Crippen LogP contribution in [-0.2, 0) is 24.7 Å². The summed E-state index contributed by atoms with van der Waals surface area (Å²) in [6, 6.07) is -0.312. The molecule has 0 aliphatic carbocycles. The summed E-state index contributed by atoms with van der Waals surface area (Å²) in [5.74, 6) is -1.73. The summed E-state index contributed by atoms with van der Waals surface area (Å²) in [5.41, 5.74) is 5.10. The van der Waals surface area contributed by atoms with Crippen LogP contribution in [0, 0.1) is 0 Å². The number of carbonyl (C=O) groups is 1. The fourth-order valence-corrected chi connectivity index (χ4v) is 5.35. The van der Waals surface area contributed by atoms with E-state index >= 15 is 0 Å². The maximum absolute atomic E-state index is 12.2. The summed E-state index contributed by atoms with van der Waals surface area (Å²) in [6.45, 7) is 0.903. The summed E-state index contributed by atoms with van der Waals surface area (Å²) >= 11 is 0. The molecule has 1 saturated heterocycles. The summed E-state index contributed by atoms with van der Waals surface area (Å²) in [5, 5.41) is 3.10. The molecule has 1 fully saturated rings. The van der Waals surface area contributed by atoms with Gasteiger partial charge in [-0.2, -0.15) is 4.31 Å². The van der Waals surface area contributed by atoms with Crippen LogP contribution in [0.3, 0.4) is 0 Å². The van der Waals surface area contributed by atoms with Crippen molar-refractivity contribution in [1.82, 2.24) is 9.62 Å². The quantitative estimate of drug-likeness (QED) is 0.551. The predicted octanol–water partition coefficient (Wildman–Crippen LogP) is -2.10. The first-order chi connectivity index (χ1) is 9.12. The molecule has 118 valence electrons. The zero-order valence-electron chi connectivity index (χ0n) is 11.4. The molecule has 1 heterocycles. The zero-order valence-corrected chi connectivity index (χ0v) is 13.0. The number of hydrogen-bond donors (Lipinski definition) is 2. The van der Waals surface area contributed by atoms with Crippen molar-refractivity contribution < 1.29 is 21.6 Å². The standard InChI is InChI=1S/C10H21N3O5S2/c1-19(15,16)6-7-20(17,18)13(8-10(11)14)9-2-4-12-5-3-9/h9,12H,2-8H2,1H3,(H2,11,14). The Kier molecular flexibility index (Phi) is 5.92.